The average molecular weight is 650 g/mol. The van der Waals surface area contributed by atoms with E-state index in [1.807, 2.05) is 0 Å². The lowest BCUT2D eigenvalue weighted by molar-refractivity contribution is -0.175. The molecule has 0 aliphatic heterocycles. The van der Waals surface area contributed by atoms with Crippen molar-refractivity contribution in [2.24, 2.45) is 5.92 Å². The van der Waals surface area contributed by atoms with Crippen molar-refractivity contribution in [1.82, 2.24) is 15.4 Å². The van der Waals surface area contributed by atoms with E-state index in [9.17, 15) is 28.7 Å². The molecule has 13 nitrogen and oxygen atoms in total. The van der Waals surface area contributed by atoms with Gasteiger partial charge in [0.25, 0.3) is 5.88 Å². The number of Topliss-reactive ketones (excluding diaryl/α,β-unsaturated/α-hetero) is 1. The van der Waals surface area contributed by atoms with Crippen LogP contribution in [0.1, 0.15) is 30.0 Å². The number of halogens is 2. The van der Waals surface area contributed by atoms with E-state index in [0.717, 1.165) is 7.11 Å². The van der Waals surface area contributed by atoms with Crippen molar-refractivity contribution in [1.29, 1.82) is 0 Å². The van der Waals surface area contributed by atoms with Crippen molar-refractivity contribution in [3.8, 4) is 17.0 Å². The summed E-state index contributed by atoms with van der Waals surface area (Å²) in [5.74, 6) is -3.36. The standard InChI is InChI=1S/C30H33ClFN3O10/c1-17(2)27(33-30(40)42-4)29(39)44-16-43-28(38)24(37)15-35(14-23(36)25-12-26(41-3)34-45-25)13-18-5-7-19(8-6-18)21-11-20(31)9-10-22(21)32/h5-12,17,24,27,37H,13-16H2,1-4H3,(H,33,40)/t24-,27+/m1/s1. The largest absolute Gasteiger partial charge is 0.479 e. The first-order chi connectivity index (χ1) is 21.4. The number of carbonyl (C=O) groups excluding carboxylic acids is 4. The molecule has 0 bridgehead atoms. The van der Waals surface area contributed by atoms with Crippen LogP contribution in [0, 0.1) is 11.7 Å². The molecule has 3 rings (SSSR count). The van der Waals surface area contributed by atoms with Gasteiger partial charge in [0.15, 0.2) is 6.10 Å². The molecule has 0 radical (unpaired) electrons. The molecule has 0 aliphatic carbocycles. The van der Waals surface area contributed by atoms with Gasteiger partial charge in [-0.1, -0.05) is 49.7 Å². The third kappa shape index (κ3) is 10.3. The van der Waals surface area contributed by atoms with Crippen molar-refractivity contribution in [3.63, 3.8) is 0 Å². The average Bonchev–Trinajstić information content (AvgIpc) is 3.50. The Labute approximate surface area is 263 Å². The number of methoxy groups -OCH3 is 2. The molecule has 15 heteroatoms. The maximum atomic E-state index is 14.3. The molecular weight excluding hydrogens is 617 g/mol. The number of nitrogens with zero attached hydrogens (tertiary/aromatic N) is 2. The van der Waals surface area contributed by atoms with Gasteiger partial charge in [-0.15, -0.1) is 0 Å². The van der Waals surface area contributed by atoms with E-state index in [0.29, 0.717) is 21.7 Å². The van der Waals surface area contributed by atoms with Crippen molar-refractivity contribution < 1.29 is 52.1 Å². The molecule has 2 aromatic carbocycles. The number of nitrogens with one attached hydrogen (secondary N) is 1. The van der Waals surface area contributed by atoms with E-state index >= 15 is 0 Å². The smallest absolute Gasteiger partial charge is 0.407 e. The maximum Gasteiger partial charge on any atom is 0.407 e. The fraction of sp³-hybridized carbons (Fsp3) is 0.367. The number of benzene rings is 2. The lowest BCUT2D eigenvalue weighted by atomic mass is 10.0. The van der Waals surface area contributed by atoms with E-state index in [1.54, 1.807) is 38.1 Å². The van der Waals surface area contributed by atoms with Crippen LogP contribution in [0.4, 0.5) is 9.18 Å². The Bertz CT molecular complexity index is 1480. The van der Waals surface area contributed by atoms with Gasteiger partial charge in [0, 0.05) is 23.7 Å². The molecule has 242 valence electrons. The van der Waals surface area contributed by atoms with Crippen LogP contribution in [0.2, 0.25) is 5.02 Å². The summed E-state index contributed by atoms with van der Waals surface area (Å²) in [5, 5.41) is 16.9. The molecule has 2 atom stereocenters. The highest BCUT2D eigenvalue weighted by atomic mass is 35.5. The number of rotatable bonds is 15. The number of amides is 1. The number of aromatic nitrogens is 1. The van der Waals surface area contributed by atoms with E-state index < -0.39 is 48.6 Å². The van der Waals surface area contributed by atoms with Gasteiger partial charge in [-0.25, -0.2) is 18.8 Å². The summed E-state index contributed by atoms with van der Waals surface area (Å²) in [6.45, 7) is 1.88. The molecular formula is C30H33ClFN3O10. The first-order valence-electron chi connectivity index (χ1n) is 13.6. The number of esters is 2. The molecule has 45 heavy (non-hydrogen) atoms. The van der Waals surface area contributed by atoms with Gasteiger partial charge in [-0.05, 0) is 40.4 Å². The number of ketones is 1. The first-order valence-corrected chi connectivity index (χ1v) is 14.0. The van der Waals surface area contributed by atoms with Crippen molar-refractivity contribution in [2.45, 2.75) is 32.5 Å². The minimum Gasteiger partial charge on any atom is -0.479 e. The summed E-state index contributed by atoms with van der Waals surface area (Å²) in [4.78, 5) is 50.8. The van der Waals surface area contributed by atoms with Crippen LogP contribution in [0.5, 0.6) is 5.88 Å². The van der Waals surface area contributed by atoms with Crippen LogP contribution in [0.25, 0.3) is 11.1 Å². The lowest BCUT2D eigenvalue weighted by Gasteiger charge is -2.24. The molecule has 0 aliphatic rings. The van der Waals surface area contributed by atoms with E-state index in [2.05, 4.69) is 15.2 Å². The summed E-state index contributed by atoms with van der Waals surface area (Å²) in [7, 11) is 2.49. The fourth-order valence-electron chi connectivity index (χ4n) is 4.05. The third-order valence-electron chi connectivity index (χ3n) is 6.42. The highest BCUT2D eigenvalue weighted by molar-refractivity contribution is 6.30. The summed E-state index contributed by atoms with van der Waals surface area (Å²) in [5.41, 5.74) is 1.53. The summed E-state index contributed by atoms with van der Waals surface area (Å²) in [6, 6.07) is 11.2. The normalized spacial score (nSPS) is 12.4. The zero-order chi connectivity index (χ0) is 33.1. The van der Waals surface area contributed by atoms with Crippen molar-refractivity contribution in [2.75, 3.05) is 34.1 Å². The highest BCUT2D eigenvalue weighted by Gasteiger charge is 2.28. The van der Waals surface area contributed by atoms with Crippen LogP contribution in [0.3, 0.4) is 0 Å². The molecule has 0 unspecified atom stereocenters. The van der Waals surface area contributed by atoms with Crippen LogP contribution in [-0.2, 0) is 30.3 Å². The van der Waals surface area contributed by atoms with Crippen molar-refractivity contribution in [3.05, 3.63) is 70.7 Å². The zero-order valence-electron chi connectivity index (χ0n) is 25.0. The summed E-state index contributed by atoms with van der Waals surface area (Å²) < 4.78 is 38.6. The number of hydrogen-bond acceptors (Lipinski definition) is 12. The SMILES string of the molecule is COC(=O)N[C@H](C(=O)OCOC(=O)[C@H](O)CN(CC(=O)c1cc(OC)no1)Cc1ccc(-c2cc(Cl)ccc2F)cc1)C(C)C. The second-order valence-electron chi connectivity index (χ2n) is 10.1. The molecule has 3 aromatic rings. The number of hydrogen-bond donors (Lipinski definition) is 2. The first kappa shape index (κ1) is 35.0. The zero-order valence-corrected chi connectivity index (χ0v) is 25.7. The molecule has 1 amide bonds. The number of aliphatic hydroxyl groups is 1. The minimum atomic E-state index is -1.75. The number of alkyl carbamates (subject to hydrolysis) is 1. The van der Waals surface area contributed by atoms with Gasteiger partial charge in [0.2, 0.25) is 18.3 Å². The summed E-state index contributed by atoms with van der Waals surface area (Å²) in [6.07, 6.45) is -2.60. The van der Waals surface area contributed by atoms with Crippen LogP contribution < -0.4 is 10.1 Å². The van der Waals surface area contributed by atoms with Crippen LogP contribution in [0.15, 0.2) is 53.1 Å². The quantitative estimate of drug-likeness (QED) is 0.140. The predicted molar refractivity (Wildman–Crippen MR) is 157 cm³/mol. The Kier molecular flexibility index (Phi) is 12.8. The fourth-order valence-corrected chi connectivity index (χ4v) is 4.23. The Morgan fingerprint density at radius 1 is 1.04 bits per heavy atom. The highest BCUT2D eigenvalue weighted by Crippen LogP contribution is 2.26. The van der Waals surface area contributed by atoms with E-state index in [4.69, 9.17) is 30.3 Å². The van der Waals surface area contributed by atoms with Gasteiger partial charge in [-0.2, -0.15) is 0 Å². The number of ether oxygens (including phenoxy) is 4. The number of carbonyl (C=O) groups is 4. The van der Waals surface area contributed by atoms with Gasteiger partial charge < -0.3 is 33.9 Å². The topological polar surface area (TPSA) is 167 Å². The monoisotopic (exact) mass is 649 g/mol. The second-order valence-corrected chi connectivity index (χ2v) is 10.5. The molecule has 0 fully saturated rings. The Morgan fingerprint density at radius 2 is 1.73 bits per heavy atom. The van der Waals surface area contributed by atoms with Gasteiger partial charge in [0.05, 0.1) is 26.8 Å². The van der Waals surface area contributed by atoms with E-state index in [-0.39, 0.29) is 37.2 Å². The van der Waals surface area contributed by atoms with Gasteiger partial charge >= 0.3 is 18.0 Å². The molecule has 0 saturated heterocycles. The van der Waals surface area contributed by atoms with Crippen LogP contribution in [-0.4, -0.2) is 85.2 Å². The van der Waals surface area contributed by atoms with Gasteiger partial charge in [-0.3, -0.25) is 9.69 Å². The molecule has 0 spiro atoms. The molecule has 0 saturated carbocycles. The maximum absolute atomic E-state index is 14.3. The Hall–Kier alpha value is -4.53. The second kappa shape index (κ2) is 16.5. The van der Waals surface area contributed by atoms with Crippen molar-refractivity contribution >= 4 is 35.4 Å². The Morgan fingerprint density at radius 3 is 2.36 bits per heavy atom. The molecule has 2 N–H and O–H groups in total. The lowest BCUT2D eigenvalue weighted by Crippen LogP contribution is -2.45. The summed E-state index contributed by atoms with van der Waals surface area (Å²) >= 11 is 6.02. The predicted octanol–water partition coefficient (Wildman–Crippen LogP) is 3.61. The minimum absolute atomic E-state index is 0.0733. The Balaban J connectivity index is 1.68. The third-order valence-corrected chi connectivity index (χ3v) is 6.66. The molecule has 1 heterocycles. The number of aliphatic hydroxyl groups excluding tert-OH is 1. The van der Waals surface area contributed by atoms with Gasteiger partial charge in [0.1, 0.15) is 11.9 Å². The van der Waals surface area contributed by atoms with Crippen LogP contribution >= 0.6 is 11.6 Å². The molecule has 1 aromatic heterocycles. The van der Waals surface area contributed by atoms with E-state index in [1.165, 1.54) is 36.3 Å².